The number of nitrogens with zero attached hydrogens (tertiary/aromatic N) is 7. The Bertz CT molecular complexity index is 3070. The van der Waals surface area contributed by atoms with Gasteiger partial charge in [-0.15, -0.1) is 11.3 Å². The van der Waals surface area contributed by atoms with E-state index < -0.39 is 131 Å². The first-order chi connectivity index (χ1) is 41.2. The summed E-state index contributed by atoms with van der Waals surface area (Å²) in [6, 6.07) is 8.03. The number of amides is 10. The molecule has 0 saturated carbocycles. The summed E-state index contributed by atoms with van der Waals surface area (Å²) in [5, 5.41) is 11.7. The van der Waals surface area contributed by atoms with E-state index in [4.69, 9.17) is 16.3 Å². The highest BCUT2D eigenvalue weighted by molar-refractivity contribution is 7.09. The number of methoxy groups -OCH3 is 1. The average molecular weight is 1240 g/mol. The number of thiazole rings is 1. The Labute approximate surface area is 516 Å². The van der Waals surface area contributed by atoms with Crippen molar-refractivity contribution in [1.82, 2.24) is 55.7 Å². The van der Waals surface area contributed by atoms with E-state index in [0.717, 1.165) is 19.6 Å². The molecule has 10 atom stereocenters. The molecular weight excluding hydrogens is 1160 g/mol. The number of likely N-dealkylation sites (N-methyl/N-ethyl adjacent to an activating group) is 5. The Kier molecular flexibility index (Phi) is 24.5. The molecule has 3 aromatic carbocycles. The monoisotopic (exact) mass is 1240 g/mol. The van der Waals surface area contributed by atoms with E-state index in [1.807, 2.05) is 0 Å². The van der Waals surface area contributed by atoms with E-state index in [1.165, 1.54) is 115 Å². The fourth-order valence-electron chi connectivity index (χ4n) is 10.8. The zero-order chi connectivity index (χ0) is 64.0. The van der Waals surface area contributed by atoms with Crippen molar-refractivity contribution in [2.45, 2.75) is 140 Å². The van der Waals surface area contributed by atoms with Gasteiger partial charge in [0.25, 0.3) is 0 Å². The van der Waals surface area contributed by atoms with Gasteiger partial charge in [0.15, 0.2) is 0 Å². The van der Waals surface area contributed by atoms with Gasteiger partial charge in [-0.05, 0) is 86.9 Å². The molecule has 2 fully saturated rings. The third-order valence-electron chi connectivity index (χ3n) is 16.4. The van der Waals surface area contributed by atoms with E-state index >= 15 is 19.2 Å². The van der Waals surface area contributed by atoms with Gasteiger partial charge in [-0.1, -0.05) is 80.0 Å². The van der Waals surface area contributed by atoms with Gasteiger partial charge in [0.2, 0.25) is 59.1 Å². The molecule has 0 spiro atoms. The van der Waals surface area contributed by atoms with Crippen LogP contribution in [0, 0.1) is 11.7 Å². The molecule has 470 valence electrons. The van der Waals surface area contributed by atoms with E-state index in [1.54, 1.807) is 74.0 Å². The number of hydrogen-bond acceptors (Lipinski definition) is 13. The molecule has 0 unspecified atom stereocenters. The van der Waals surface area contributed by atoms with Crippen LogP contribution in [-0.2, 0) is 78.4 Å². The van der Waals surface area contributed by atoms with Crippen LogP contribution < -0.4 is 21.3 Å². The molecule has 2 aliphatic rings. The summed E-state index contributed by atoms with van der Waals surface area (Å²) in [7, 11) is 8.33. The lowest BCUT2D eigenvalue weighted by molar-refractivity contribution is -0.150. The molecule has 4 N–H and O–H groups in total. The van der Waals surface area contributed by atoms with Crippen LogP contribution in [0.3, 0.4) is 0 Å². The third-order valence-corrected chi connectivity index (χ3v) is 17.5. The predicted octanol–water partition coefficient (Wildman–Crippen LogP) is 3.04. The van der Waals surface area contributed by atoms with Crippen LogP contribution in [0.5, 0.6) is 0 Å². The third kappa shape index (κ3) is 17.5. The lowest BCUT2D eigenvalue weighted by Crippen LogP contribution is -2.62. The van der Waals surface area contributed by atoms with Crippen LogP contribution in [-0.4, -0.2) is 209 Å². The number of aromatic nitrogens is 1. The van der Waals surface area contributed by atoms with Crippen molar-refractivity contribution < 1.29 is 57.1 Å². The number of hydrogen-bond donors (Lipinski definition) is 4. The number of halogens is 2. The molecule has 87 heavy (non-hydrogen) atoms. The van der Waals surface area contributed by atoms with Gasteiger partial charge in [0.1, 0.15) is 66.2 Å². The molecule has 4 aromatic rings. The first-order valence-electron chi connectivity index (χ1n) is 29.0. The molecule has 2 aliphatic heterocycles. The number of benzene rings is 3. The maximum absolute atomic E-state index is 15.4. The van der Waals surface area contributed by atoms with E-state index in [-0.39, 0.29) is 51.7 Å². The topological polar surface area (TPSA) is 260 Å². The number of fused-ring (bicyclic) bond motifs is 1. The second kappa shape index (κ2) is 31.2. The zero-order valence-electron chi connectivity index (χ0n) is 51.2. The second-order valence-electron chi connectivity index (χ2n) is 22.7. The summed E-state index contributed by atoms with van der Waals surface area (Å²) in [6.45, 7) is 7.83. The maximum atomic E-state index is 15.4. The minimum Gasteiger partial charge on any atom is -0.385 e. The van der Waals surface area contributed by atoms with Crippen molar-refractivity contribution in [3.8, 4) is 0 Å². The molecule has 22 nitrogen and oxygen atoms in total. The molecule has 3 heterocycles. The minimum atomic E-state index is -1.42. The number of rotatable bonds is 12. The van der Waals surface area contributed by atoms with Crippen molar-refractivity contribution in [2.24, 2.45) is 5.92 Å². The molecular formula is C62H81ClFN11O11S. The molecule has 25 heteroatoms. The quantitative estimate of drug-likeness (QED) is 0.160. The van der Waals surface area contributed by atoms with Gasteiger partial charge in [-0.3, -0.25) is 52.9 Å². The Balaban J connectivity index is 1.45. The highest BCUT2D eigenvalue weighted by atomic mass is 35.5. The SMILES string of the molecule is COCC[C@@H]1NC(=O)[C@H]2CCCN2C(=O)[C@H](Cc2ccccc2)N(C)C(=O)[C@H](Cc2ccc(Cl)cc2)NC(=O)[C@H](C(C)C)N(C)C(=O)[C@H](Cc2ccc(F)cc2)NC(=O)[C@H](C)N(C)C(=O)[C@@H](C)N(C)C(=O)[C@H](Cc2cncs2)NC(=O)[C@H](C)N(C)C1=O. The van der Waals surface area contributed by atoms with Crippen molar-refractivity contribution >= 4 is 82.0 Å². The lowest BCUT2D eigenvalue weighted by atomic mass is 9.97. The zero-order valence-corrected chi connectivity index (χ0v) is 52.7. The van der Waals surface area contributed by atoms with E-state index in [9.17, 15) is 33.2 Å². The van der Waals surface area contributed by atoms with Gasteiger partial charge in [0, 0.05) is 97.3 Å². The van der Waals surface area contributed by atoms with Crippen LogP contribution in [0.1, 0.15) is 75.4 Å². The van der Waals surface area contributed by atoms with Crippen LogP contribution in [0.2, 0.25) is 5.02 Å². The van der Waals surface area contributed by atoms with E-state index in [2.05, 4.69) is 26.3 Å². The smallest absolute Gasteiger partial charge is 0.246 e. The first kappa shape index (κ1) is 68.3. The van der Waals surface area contributed by atoms with Gasteiger partial charge in [-0.2, -0.15) is 0 Å². The normalized spacial score (nSPS) is 25.4. The molecule has 0 radical (unpaired) electrons. The second-order valence-corrected chi connectivity index (χ2v) is 24.1. The Morgan fingerprint density at radius 1 is 0.575 bits per heavy atom. The fourth-order valence-corrected chi connectivity index (χ4v) is 11.5. The Hall–Kier alpha value is -7.83. The van der Waals surface area contributed by atoms with Crippen LogP contribution in [0.25, 0.3) is 0 Å². The number of carbonyl (C=O) groups is 10. The molecule has 6 rings (SSSR count). The van der Waals surface area contributed by atoms with Gasteiger partial charge >= 0.3 is 0 Å². The fraction of sp³-hybridized carbons (Fsp3) is 0.500. The van der Waals surface area contributed by atoms with Crippen LogP contribution in [0.4, 0.5) is 4.39 Å². The molecule has 0 aliphatic carbocycles. The lowest BCUT2D eigenvalue weighted by Gasteiger charge is -2.37. The highest BCUT2D eigenvalue weighted by Crippen LogP contribution is 2.25. The van der Waals surface area contributed by atoms with Crippen LogP contribution >= 0.6 is 22.9 Å². The molecule has 2 saturated heterocycles. The summed E-state index contributed by atoms with van der Waals surface area (Å²) in [5.74, 6) is -8.24. The Morgan fingerprint density at radius 2 is 1.06 bits per heavy atom. The van der Waals surface area contributed by atoms with Gasteiger partial charge in [0.05, 0.1) is 5.51 Å². The van der Waals surface area contributed by atoms with Gasteiger partial charge < -0.3 is 55.4 Å². The predicted molar refractivity (Wildman–Crippen MR) is 325 cm³/mol. The van der Waals surface area contributed by atoms with Gasteiger partial charge in [-0.25, -0.2) is 4.39 Å². The number of nitrogens with one attached hydrogen (secondary N) is 4. The Morgan fingerprint density at radius 3 is 1.61 bits per heavy atom. The molecule has 10 amide bonds. The summed E-state index contributed by atoms with van der Waals surface area (Å²) in [6.07, 6.45) is 1.70. The maximum Gasteiger partial charge on any atom is 0.246 e. The summed E-state index contributed by atoms with van der Waals surface area (Å²) >= 11 is 7.52. The number of ether oxygens (including phenoxy) is 1. The summed E-state index contributed by atoms with van der Waals surface area (Å²) in [4.78, 5) is 160. The van der Waals surface area contributed by atoms with Crippen molar-refractivity contribution in [1.29, 1.82) is 0 Å². The molecule has 0 bridgehead atoms. The number of carbonyl (C=O) groups excluding carboxylic acids is 10. The standard InChI is InChI=1S/C62H81ClFN11O11S/c1-36(2)52-56(79)69-47(30-41-19-23-43(63)24-20-41)60(83)73(9)51(32-40-16-13-12-14-17-40)62(85)75-28-15-18-50(75)55(78)66-46(27-29-86-11)58(81)71(7)38(4)54(77)68-49(33-45-34-65-35-87-45)59(82)72(8)39(5)57(80)70(6)37(3)53(76)67-48(61(84)74(52)10)31-42-21-25-44(64)26-22-42/h12-14,16-17,19-26,34-39,46-52H,15,18,27-33H2,1-11H3,(H,66,78)(H,67,76)(H,68,77)(H,69,79)/t37-,38-,39+,46-,47-,48-,49-,50+,51-,52-/m0/s1. The van der Waals surface area contributed by atoms with Crippen molar-refractivity contribution in [2.75, 3.05) is 55.5 Å². The van der Waals surface area contributed by atoms with E-state index in [0.29, 0.717) is 33.0 Å². The molecule has 1 aromatic heterocycles. The minimum absolute atomic E-state index is 0.00798. The largest absolute Gasteiger partial charge is 0.385 e. The van der Waals surface area contributed by atoms with Crippen molar-refractivity contribution in [3.05, 3.63) is 123 Å². The average Bonchev–Trinajstić information content (AvgIpc) is 2.23. The summed E-state index contributed by atoms with van der Waals surface area (Å²) in [5.41, 5.74) is 3.24. The highest BCUT2D eigenvalue weighted by Gasteiger charge is 2.44. The summed E-state index contributed by atoms with van der Waals surface area (Å²) < 4.78 is 19.6. The van der Waals surface area contributed by atoms with Crippen molar-refractivity contribution in [3.63, 3.8) is 0 Å². The first-order valence-corrected chi connectivity index (χ1v) is 30.2. The van der Waals surface area contributed by atoms with Crippen LogP contribution in [0.15, 0.2) is 90.6 Å².